The van der Waals surface area contributed by atoms with Crippen molar-refractivity contribution in [3.05, 3.63) is 71.0 Å². The molecule has 0 spiro atoms. The van der Waals surface area contributed by atoms with Crippen molar-refractivity contribution in [2.24, 2.45) is 0 Å². The molecule has 2 atom stereocenters. The van der Waals surface area contributed by atoms with Gasteiger partial charge in [0, 0.05) is 6.04 Å². The maximum atomic E-state index is 13.2. The lowest BCUT2D eigenvalue weighted by Gasteiger charge is -2.25. The fraction of sp³-hybridized carbons (Fsp3) is 0.350. The standard InChI is InChI=1S/C20H24FNO3S/c1-20(2,3)26(24)22-18(13-14-5-11-17(21)12-6-14)15-7-9-16(10-8-15)19(23)25-4/h5-12,18,22H,13H2,1-4H3/t18-,26-/m1/s1. The average Bonchev–Trinajstić information content (AvgIpc) is 2.61. The van der Waals surface area contributed by atoms with Gasteiger partial charge in [0.2, 0.25) is 0 Å². The second-order valence-electron chi connectivity index (χ2n) is 7.00. The summed E-state index contributed by atoms with van der Waals surface area (Å²) in [5, 5.41) is 0. The molecule has 0 aromatic heterocycles. The molecular weight excluding hydrogens is 353 g/mol. The quantitative estimate of drug-likeness (QED) is 0.776. The van der Waals surface area contributed by atoms with Gasteiger partial charge in [-0.25, -0.2) is 18.1 Å². The first-order valence-corrected chi connectivity index (χ1v) is 9.46. The number of benzene rings is 2. The third-order valence-electron chi connectivity index (χ3n) is 3.89. The Morgan fingerprint density at radius 2 is 1.69 bits per heavy atom. The van der Waals surface area contributed by atoms with Gasteiger partial charge in [-0.2, -0.15) is 0 Å². The fourth-order valence-electron chi connectivity index (χ4n) is 2.36. The highest BCUT2D eigenvalue weighted by Gasteiger charge is 2.24. The van der Waals surface area contributed by atoms with Crippen molar-refractivity contribution in [1.29, 1.82) is 0 Å². The van der Waals surface area contributed by atoms with E-state index >= 15 is 0 Å². The summed E-state index contributed by atoms with van der Waals surface area (Å²) in [4.78, 5) is 11.6. The number of nitrogens with one attached hydrogen (secondary N) is 1. The lowest BCUT2D eigenvalue weighted by molar-refractivity contribution is 0.0600. The van der Waals surface area contributed by atoms with Crippen LogP contribution in [-0.4, -0.2) is 22.0 Å². The Balaban J connectivity index is 2.28. The van der Waals surface area contributed by atoms with Crippen LogP contribution in [-0.2, 0) is 22.1 Å². The molecular formula is C20H24FNO3S. The molecule has 26 heavy (non-hydrogen) atoms. The van der Waals surface area contributed by atoms with Crippen molar-refractivity contribution in [2.75, 3.05) is 7.11 Å². The molecule has 0 bridgehead atoms. The highest BCUT2D eigenvalue weighted by molar-refractivity contribution is 7.84. The van der Waals surface area contributed by atoms with Crippen LogP contribution >= 0.6 is 0 Å². The van der Waals surface area contributed by atoms with Gasteiger partial charge in [0.05, 0.1) is 28.4 Å². The van der Waals surface area contributed by atoms with E-state index in [1.807, 2.05) is 32.9 Å². The molecule has 0 aliphatic rings. The predicted molar refractivity (Wildman–Crippen MR) is 102 cm³/mol. The molecule has 140 valence electrons. The van der Waals surface area contributed by atoms with Gasteiger partial charge in [0.25, 0.3) is 0 Å². The number of methoxy groups -OCH3 is 1. The van der Waals surface area contributed by atoms with Crippen molar-refractivity contribution in [1.82, 2.24) is 4.72 Å². The molecule has 0 saturated carbocycles. The molecule has 0 amide bonds. The largest absolute Gasteiger partial charge is 0.465 e. The fourth-order valence-corrected chi connectivity index (χ4v) is 3.19. The Morgan fingerprint density at radius 3 is 2.19 bits per heavy atom. The molecule has 1 N–H and O–H groups in total. The lowest BCUT2D eigenvalue weighted by atomic mass is 9.99. The summed E-state index contributed by atoms with van der Waals surface area (Å²) in [7, 11) is 0.0576. The topological polar surface area (TPSA) is 55.4 Å². The van der Waals surface area contributed by atoms with Gasteiger partial charge in [-0.05, 0) is 62.6 Å². The zero-order valence-electron chi connectivity index (χ0n) is 15.4. The molecule has 2 aromatic carbocycles. The van der Waals surface area contributed by atoms with Crippen LogP contribution in [0.2, 0.25) is 0 Å². The number of halogens is 1. The summed E-state index contributed by atoms with van der Waals surface area (Å²) in [5.41, 5.74) is 2.26. The number of rotatable bonds is 6. The van der Waals surface area contributed by atoms with Gasteiger partial charge in [0.15, 0.2) is 0 Å². The third-order valence-corrected chi connectivity index (χ3v) is 5.50. The first-order chi connectivity index (χ1) is 12.2. The first-order valence-electron chi connectivity index (χ1n) is 8.31. The molecule has 0 fully saturated rings. The number of ether oxygens (including phenoxy) is 1. The summed E-state index contributed by atoms with van der Waals surface area (Å²) in [5.74, 6) is -0.697. The van der Waals surface area contributed by atoms with Crippen LogP contribution in [0.1, 0.15) is 48.3 Å². The van der Waals surface area contributed by atoms with E-state index in [0.29, 0.717) is 12.0 Å². The van der Waals surface area contributed by atoms with Crippen molar-refractivity contribution < 1.29 is 18.1 Å². The van der Waals surface area contributed by atoms with Gasteiger partial charge in [-0.3, -0.25) is 0 Å². The van der Waals surface area contributed by atoms with Crippen molar-refractivity contribution >= 4 is 17.0 Å². The maximum absolute atomic E-state index is 13.2. The van der Waals surface area contributed by atoms with Gasteiger partial charge < -0.3 is 4.74 Å². The van der Waals surface area contributed by atoms with Gasteiger partial charge in [-0.1, -0.05) is 24.3 Å². The number of hydrogen-bond acceptors (Lipinski definition) is 3. The number of esters is 1. The molecule has 0 saturated heterocycles. The van der Waals surface area contributed by atoms with Gasteiger partial charge in [-0.15, -0.1) is 0 Å². The highest BCUT2D eigenvalue weighted by Crippen LogP contribution is 2.22. The van der Waals surface area contributed by atoms with Crippen LogP contribution < -0.4 is 4.72 Å². The molecule has 0 unspecified atom stereocenters. The minimum atomic E-state index is -1.28. The molecule has 6 heteroatoms. The Hall–Kier alpha value is -2.05. The predicted octanol–water partition coefficient (Wildman–Crippen LogP) is 3.95. The summed E-state index contributed by atoms with van der Waals surface area (Å²) in [6.45, 7) is 5.68. The van der Waals surface area contributed by atoms with Gasteiger partial charge >= 0.3 is 5.97 Å². The summed E-state index contributed by atoms with van der Waals surface area (Å²) < 4.78 is 33.2. The van der Waals surface area contributed by atoms with E-state index in [-0.39, 0.29) is 11.9 Å². The number of hydrogen-bond donors (Lipinski definition) is 1. The first kappa shape index (κ1) is 20.3. The zero-order chi connectivity index (χ0) is 19.3. The second kappa shape index (κ2) is 8.56. The SMILES string of the molecule is COC(=O)c1ccc([C@@H](Cc2ccc(F)cc2)N[S@](=O)C(C)(C)C)cc1. The van der Waals surface area contributed by atoms with E-state index in [9.17, 15) is 13.4 Å². The van der Waals surface area contributed by atoms with E-state index in [0.717, 1.165) is 11.1 Å². The smallest absolute Gasteiger partial charge is 0.337 e. The van der Waals surface area contributed by atoms with E-state index in [1.54, 1.807) is 24.3 Å². The summed E-state index contributed by atoms with van der Waals surface area (Å²) in [6.07, 6.45) is 0.541. The molecule has 2 rings (SSSR count). The number of carbonyl (C=O) groups is 1. The van der Waals surface area contributed by atoms with Crippen molar-refractivity contribution in [2.45, 2.75) is 38.0 Å². The normalized spacial score (nSPS) is 13.9. The third kappa shape index (κ3) is 5.47. The molecule has 2 aromatic rings. The maximum Gasteiger partial charge on any atom is 0.337 e. The minimum Gasteiger partial charge on any atom is -0.465 e. The van der Waals surface area contributed by atoms with Crippen LogP contribution in [0.4, 0.5) is 4.39 Å². The van der Waals surface area contributed by atoms with Crippen LogP contribution in [0.15, 0.2) is 48.5 Å². The molecule has 0 heterocycles. The average molecular weight is 377 g/mol. The Bertz CT molecular complexity index is 767. The molecule has 0 aliphatic carbocycles. The van der Waals surface area contributed by atoms with Crippen LogP contribution in [0.3, 0.4) is 0 Å². The highest BCUT2D eigenvalue weighted by atomic mass is 32.2. The molecule has 0 radical (unpaired) electrons. The van der Waals surface area contributed by atoms with Gasteiger partial charge in [0.1, 0.15) is 5.82 Å². The Labute approximate surface area is 156 Å². The molecule has 0 aliphatic heterocycles. The van der Waals surface area contributed by atoms with E-state index in [4.69, 9.17) is 4.74 Å². The summed E-state index contributed by atoms with van der Waals surface area (Å²) >= 11 is 0. The minimum absolute atomic E-state index is 0.243. The zero-order valence-corrected chi connectivity index (χ0v) is 16.2. The van der Waals surface area contributed by atoms with Crippen molar-refractivity contribution in [3.8, 4) is 0 Å². The summed E-state index contributed by atoms with van der Waals surface area (Å²) in [6, 6.07) is 13.0. The Kier molecular flexibility index (Phi) is 6.67. The van der Waals surface area contributed by atoms with Crippen LogP contribution in [0, 0.1) is 5.82 Å². The van der Waals surface area contributed by atoms with Crippen LogP contribution in [0.5, 0.6) is 0 Å². The Morgan fingerprint density at radius 1 is 1.12 bits per heavy atom. The van der Waals surface area contributed by atoms with E-state index < -0.39 is 21.7 Å². The monoisotopic (exact) mass is 377 g/mol. The van der Waals surface area contributed by atoms with Crippen molar-refractivity contribution in [3.63, 3.8) is 0 Å². The lowest BCUT2D eigenvalue weighted by Crippen LogP contribution is -2.36. The van der Waals surface area contributed by atoms with Crippen LogP contribution in [0.25, 0.3) is 0 Å². The van der Waals surface area contributed by atoms with E-state index in [2.05, 4.69) is 4.72 Å². The molecule has 4 nitrogen and oxygen atoms in total. The van der Waals surface area contributed by atoms with E-state index in [1.165, 1.54) is 19.2 Å². The second-order valence-corrected chi connectivity index (χ2v) is 8.99. The number of carbonyl (C=O) groups excluding carboxylic acids is 1.